The first-order valence-electron chi connectivity index (χ1n) is 7.48. The van der Waals surface area contributed by atoms with Gasteiger partial charge in [0.2, 0.25) is 0 Å². The molecule has 19 heavy (non-hydrogen) atoms. The molecule has 0 amide bonds. The van der Waals surface area contributed by atoms with Gasteiger partial charge in [-0.2, -0.15) is 0 Å². The maximum absolute atomic E-state index is 9.21. The number of hydrogen-bond donors (Lipinski definition) is 2. The number of nitrogens with one attached hydrogen (secondary N) is 1. The minimum Gasteiger partial charge on any atom is -0.394 e. The molecule has 0 aliphatic carbocycles. The molecule has 1 saturated heterocycles. The molecule has 0 aromatic carbocycles. The molecule has 1 fully saturated rings. The summed E-state index contributed by atoms with van der Waals surface area (Å²) >= 11 is 0. The molecule has 0 aromatic heterocycles. The Morgan fingerprint density at radius 3 is 2.53 bits per heavy atom. The summed E-state index contributed by atoms with van der Waals surface area (Å²) in [5, 5.41) is 12.8. The molecule has 1 heterocycles. The number of aliphatic hydroxyl groups excluding tert-OH is 1. The zero-order chi connectivity index (χ0) is 14.5. The van der Waals surface area contributed by atoms with Gasteiger partial charge in [-0.1, -0.05) is 13.8 Å². The van der Waals surface area contributed by atoms with E-state index in [1.54, 1.807) is 0 Å². The average Bonchev–Trinajstić information content (AvgIpc) is 2.36. The summed E-state index contributed by atoms with van der Waals surface area (Å²) in [4.78, 5) is 2.43. The molecule has 1 aliphatic rings. The highest BCUT2D eigenvalue weighted by molar-refractivity contribution is 4.85. The van der Waals surface area contributed by atoms with Crippen molar-refractivity contribution in [3.63, 3.8) is 0 Å². The second-order valence-electron chi connectivity index (χ2n) is 7.18. The van der Waals surface area contributed by atoms with Gasteiger partial charge in [-0.3, -0.25) is 4.90 Å². The Morgan fingerprint density at radius 1 is 1.32 bits per heavy atom. The molecule has 0 saturated carbocycles. The lowest BCUT2D eigenvalue weighted by Gasteiger charge is -2.40. The predicted molar refractivity (Wildman–Crippen MR) is 79.4 cm³/mol. The van der Waals surface area contributed by atoms with Gasteiger partial charge in [-0.15, -0.1) is 0 Å². The van der Waals surface area contributed by atoms with Gasteiger partial charge in [0.1, 0.15) is 0 Å². The Kier molecular flexibility index (Phi) is 6.24. The molecule has 4 nitrogen and oxygen atoms in total. The van der Waals surface area contributed by atoms with Crippen LogP contribution in [0.25, 0.3) is 0 Å². The number of aliphatic hydroxyl groups is 1. The van der Waals surface area contributed by atoms with Gasteiger partial charge < -0.3 is 15.2 Å². The Labute approximate surface area is 118 Å². The Morgan fingerprint density at radius 2 is 2.00 bits per heavy atom. The van der Waals surface area contributed by atoms with Crippen LogP contribution in [0.4, 0.5) is 0 Å². The van der Waals surface area contributed by atoms with Crippen LogP contribution in [0.15, 0.2) is 0 Å². The zero-order valence-corrected chi connectivity index (χ0v) is 13.3. The van der Waals surface area contributed by atoms with Crippen molar-refractivity contribution in [2.45, 2.75) is 52.7 Å². The van der Waals surface area contributed by atoms with Crippen LogP contribution in [0, 0.1) is 5.41 Å². The summed E-state index contributed by atoms with van der Waals surface area (Å²) in [6.45, 7) is 16.0. The van der Waals surface area contributed by atoms with Crippen molar-refractivity contribution in [1.82, 2.24) is 10.2 Å². The third-order valence-corrected chi connectivity index (χ3v) is 3.93. The predicted octanol–water partition coefficient (Wildman–Crippen LogP) is 1.48. The summed E-state index contributed by atoms with van der Waals surface area (Å²) < 4.78 is 5.51. The molecule has 0 bridgehead atoms. The van der Waals surface area contributed by atoms with Crippen LogP contribution >= 0.6 is 0 Å². The maximum Gasteiger partial charge on any atom is 0.0932 e. The van der Waals surface area contributed by atoms with Gasteiger partial charge in [-0.25, -0.2) is 0 Å². The van der Waals surface area contributed by atoms with E-state index in [0.29, 0.717) is 0 Å². The largest absolute Gasteiger partial charge is 0.394 e. The second kappa shape index (κ2) is 7.02. The molecule has 0 radical (unpaired) electrons. The molecule has 2 atom stereocenters. The van der Waals surface area contributed by atoms with Crippen LogP contribution < -0.4 is 5.32 Å². The van der Waals surface area contributed by atoms with Crippen molar-refractivity contribution in [3.05, 3.63) is 0 Å². The van der Waals surface area contributed by atoms with E-state index in [-0.39, 0.29) is 23.7 Å². The number of rotatable bonds is 6. The molecular formula is C15H32N2O2. The van der Waals surface area contributed by atoms with Crippen molar-refractivity contribution >= 4 is 0 Å². The Balaban J connectivity index is 2.49. The van der Waals surface area contributed by atoms with Crippen LogP contribution in [0.3, 0.4) is 0 Å². The third-order valence-electron chi connectivity index (χ3n) is 3.93. The lowest BCUT2D eigenvalue weighted by Crippen LogP contribution is -2.51. The fourth-order valence-corrected chi connectivity index (χ4v) is 2.35. The molecule has 0 aromatic rings. The Bertz CT molecular complexity index is 265. The van der Waals surface area contributed by atoms with Crippen LogP contribution in [0.1, 0.15) is 41.0 Å². The first kappa shape index (κ1) is 16.9. The lowest BCUT2D eigenvalue weighted by atomic mass is 9.85. The van der Waals surface area contributed by atoms with E-state index in [1.165, 1.54) is 0 Å². The molecule has 1 aliphatic heterocycles. The van der Waals surface area contributed by atoms with Gasteiger partial charge in [0.15, 0.2) is 0 Å². The highest BCUT2D eigenvalue weighted by atomic mass is 16.5. The molecule has 2 N–H and O–H groups in total. The number of morpholine rings is 1. The standard InChI is InChI=1S/C15H32N2O2/c1-6-15(5,11-16-14(2,3)4)12-17-7-8-19-13(9-17)10-18/h13,16,18H,6-12H2,1-5H3. The van der Waals surface area contributed by atoms with E-state index in [1.807, 2.05) is 0 Å². The van der Waals surface area contributed by atoms with Crippen molar-refractivity contribution in [3.8, 4) is 0 Å². The van der Waals surface area contributed by atoms with E-state index in [0.717, 1.165) is 39.2 Å². The van der Waals surface area contributed by atoms with Crippen molar-refractivity contribution in [2.75, 3.05) is 39.4 Å². The van der Waals surface area contributed by atoms with Gasteiger partial charge >= 0.3 is 0 Å². The fourth-order valence-electron chi connectivity index (χ4n) is 2.35. The van der Waals surface area contributed by atoms with E-state index < -0.39 is 0 Å². The quantitative estimate of drug-likeness (QED) is 0.769. The van der Waals surface area contributed by atoms with E-state index in [2.05, 4.69) is 44.8 Å². The van der Waals surface area contributed by atoms with Crippen molar-refractivity contribution in [1.29, 1.82) is 0 Å². The number of hydrogen-bond acceptors (Lipinski definition) is 4. The van der Waals surface area contributed by atoms with Crippen LogP contribution in [0.2, 0.25) is 0 Å². The molecule has 0 spiro atoms. The SMILES string of the molecule is CCC(C)(CNC(C)(C)C)CN1CCOC(CO)C1. The normalized spacial score (nSPS) is 25.3. The minimum atomic E-state index is -0.00886. The van der Waals surface area contributed by atoms with E-state index in [9.17, 15) is 5.11 Å². The minimum absolute atomic E-state index is 0.00886. The van der Waals surface area contributed by atoms with Crippen molar-refractivity contribution < 1.29 is 9.84 Å². The van der Waals surface area contributed by atoms with Crippen molar-refractivity contribution in [2.24, 2.45) is 5.41 Å². The van der Waals surface area contributed by atoms with E-state index in [4.69, 9.17) is 4.74 Å². The van der Waals surface area contributed by atoms with Gasteiger partial charge in [0.05, 0.1) is 19.3 Å². The molecule has 1 rings (SSSR count). The summed E-state index contributed by atoms with van der Waals surface area (Å²) in [5.74, 6) is 0. The zero-order valence-electron chi connectivity index (χ0n) is 13.3. The molecule has 114 valence electrons. The molecular weight excluding hydrogens is 240 g/mol. The first-order chi connectivity index (χ1) is 8.78. The van der Waals surface area contributed by atoms with Crippen LogP contribution in [-0.4, -0.2) is 61.0 Å². The van der Waals surface area contributed by atoms with Crippen LogP contribution in [0.5, 0.6) is 0 Å². The van der Waals surface area contributed by atoms with Gasteiger partial charge in [-0.05, 0) is 32.6 Å². The molecule has 2 unspecified atom stereocenters. The first-order valence-corrected chi connectivity index (χ1v) is 7.48. The maximum atomic E-state index is 9.21. The summed E-state index contributed by atoms with van der Waals surface area (Å²) in [7, 11) is 0. The highest BCUT2D eigenvalue weighted by Crippen LogP contribution is 2.24. The summed E-state index contributed by atoms with van der Waals surface area (Å²) in [6, 6.07) is 0. The van der Waals surface area contributed by atoms with Gasteiger partial charge in [0.25, 0.3) is 0 Å². The topological polar surface area (TPSA) is 44.7 Å². The molecule has 4 heteroatoms. The third kappa shape index (κ3) is 6.21. The smallest absolute Gasteiger partial charge is 0.0932 e. The monoisotopic (exact) mass is 272 g/mol. The van der Waals surface area contributed by atoms with E-state index >= 15 is 0 Å². The fraction of sp³-hybridized carbons (Fsp3) is 1.00. The number of ether oxygens (including phenoxy) is 1. The summed E-state index contributed by atoms with van der Waals surface area (Å²) in [6.07, 6.45) is 1.14. The highest BCUT2D eigenvalue weighted by Gasteiger charge is 2.29. The van der Waals surface area contributed by atoms with Gasteiger partial charge in [0, 0.05) is 31.7 Å². The Hall–Kier alpha value is -0.160. The second-order valence-corrected chi connectivity index (χ2v) is 7.18. The summed E-state index contributed by atoms with van der Waals surface area (Å²) in [5.41, 5.74) is 0.430. The number of nitrogens with zero attached hydrogens (tertiary/aromatic N) is 1. The average molecular weight is 272 g/mol. The lowest BCUT2D eigenvalue weighted by molar-refractivity contribution is -0.0620. The van der Waals surface area contributed by atoms with Crippen LogP contribution in [-0.2, 0) is 4.74 Å².